The van der Waals surface area contributed by atoms with Gasteiger partial charge in [-0.15, -0.1) is 0 Å². The molecule has 0 aromatic carbocycles. The minimum Gasteiger partial charge on any atom is -0.481 e. The first-order valence-corrected chi connectivity index (χ1v) is 4.41. The average Bonchev–Trinajstić information content (AvgIpc) is 2.08. The van der Waals surface area contributed by atoms with Crippen LogP contribution in [0.15, 0.2) is 0 Å². The molecule has 0 spiro atoms. The van der Waals surface area contributed by atoms with Crippen molar-refractivity contribution in [2.45, 2.75) is 6.18 Å². The number of alkyl halides is 3. The van der Waals surface area contributed by atoms with Crippen molar-refractivity contribution in [3.63, 3.8) is 0 Å². The topological polar surface area (TPSA) is 52.6 Å². The maximum atomic E-state index is 12.2. The third-order valence-corrected chi connectivity index (χ3v) is 1.93. The Hall–Kier alpha value is -0.820. The first kappa shape index (κ1) is 14.2. The highest BCUT2D eigenvalue weighted by Gasteiger charge is 2.45. The second kappa shape index (κ2) is 5.92. The third kappa shape index (κ3) is 5.58. The molecular weight excluding hydrogens is 213 g/mol. The van der Waals surface area contributed by atoms with Crippen LogP contribution in [0.3, 0.4) is 0 Å². The van der Waals surface area contributed by atoms with E-state index in [-0.39, 0.29) is 0 Å². The van der Waals surface area contributed by atoms with Crippen LogP contribution in [0, 0.1) is 5.92 Å². The number of rotatable bonds is 6. The maximum absolute atomic E-state index is 12.2. The molecule has 0 saturated heterocycles. The zero-order valence-electron chi connectivity index (χ0n) is 8.64. The lowest BCUT2D eigenvalue weighted by atomic mass is 10.1. The molecule has 15 heavy (non-hydrogen) atoms. The molecule has 0 aromatic heterocycles. The van der Waals surface area contributed by atoms with Crippen molar-refractivity contribution < 1.29 is 23.1 Å². The molecule has 7 heteroatoms. The van der Waals surface area contributed by atoms with Crippen LogP contribution >= 0.6 is 0 Å². The van der Waals surface area contributed by atoms with E-state index in [0.717, 1.165) is 0 Å². The SMILES string of the molecule is CNCCN(C)CC(C(=O)O)C(F)(F)F. The molecule has 90 valence electrons. The molecule has 0 aliphatic heterocycles. The van der Waals surface area contributed by atoms with E-state index in [4.69, 9.17) is 5.11 Å². The Morgan fingerprint density at radius 3 is 2.40 bits per heavy atom. The summed E-state index contributed by atoms with van der Waals surface area (Å²) in [6, 6.07) is 0. The number of nitrogens with one attached hydrogen (secondary N) is 1. The van der Waals surface area contributed by atoms with E-state index in [0.29, 0.717) is 13.1 Å². The predicted octanol–water partition coefficient (Wildman–Crippen LogP) is 0.401. The van der Waals surface area contributed by atoms with E-state index < -0.39 is 24.6 Å². The van der Waals surface area contributed by atoms with Crippen molar-refractivity contribution in [2.24, 2.45) is 5.92 Å². The lowest BCUT2D eigenvalue weighted by molar-refractivity contribution is -0.196. The summed E-state index contributed by atoms with van der Waals surface area (Å²) < 4.78 is 36.7. The summed E-state index contributed by atoms with van der Waals surface area (Å²) in [6.45, 7) is 0.359. The van der Waals surface area contributed by atoms with Gasteiger partial charge < -0.3 is 15.3 Å². The van der Waals surface area contributed by atoms with Gasteiger partial charge in [-0.05, 0) is 14.1 Å². The molecule has 4 nitrogen and oxygen atoms in total. The zero-order valence-corrected chi connectivity index (χ0v) is 8.64. The normalized spacial score (nSPS) is 14.3. The second-order valence-corrected chi connectivity index (χ2v) is 3.30. The Balaban J connectivity index is 4.24. The lowest BCUT2D eigenvalue weighted by Crippen LogP contribution is -2.41. The maximum Gasteiger partial charge on any atom is 0.403 e. The van der Waals surface area contributed by atoms with E-state index in [1.54, 1.807) is 7.05 Å². The molecule has 1 unspecified atom stereocenters. The van der Waals surface area contributed by atoms with Crippen LogP contribution < -0.4 is 5.32 Å². The standard InChI is InChI=1S/C8H15F3N2O2/c1-12-3-4-13(2)5-6(7(14)15)8(9,10)11/h6,12H,3-5H2,1-2H3,(H,14,15). The molecule has 0 fully saturated rings. The summed E-state index contributed by atoms with van der Waals surface area (Å²) in [6.07, 6.45) is -4.69. The first-order chi connectivity index (χ1) is 6.79. The summed E-state index contributed by atoms with van der Waals surface area (Å²) in [5.41, 5.74) is 0. The summed E-state index contributed by atoms with van der Waals surface area (Å²) in [5, 5.41) is 11.2. The molecule has 0 saturated carbocycles. The molecule has 0 bridgehead atoms. The average molecular weight is 228 g/mol. The van der Waals surface area contributed by atoms with Gasteiger partial charge in [0.25, 0.3) is 0 Å². The van der Waals surface area contributed by atoms with Crippen molar-refractivity contribution in [2.75, 3.05) is 33.7 Å². The van der Waals surface area contributed by atoms with Crippen LogP contribution in [0.1, 0.15) is 0 Å². The highest BCUT2D eigenvalue weighted by molar-refractivity contribution is 5.71. The Morgan fingerprint density at radius 1 is 1.53 bits per heavy atom. The van der Waals surface area contributed by atoms with E-state index in [1.807, 2.05) is 0 Å². The largest absolute Gasteiger partial charge is 0.481 e. The van der Waals surface area contributed by atoms with Crippen LogP contribution in [-0.4, -0.2) is 55.9 Å². The number of carboxylic acid groups (broad SMARTS) is 1. The van der Waals surface area contributed by atoms with Gasteiger partial charge in [0.1, 0.15) is 0 Å². The molecule has 0 aliphatic rings. The minimum absolute atomic E-state index is 0.371. The fourth-order valence-electron chi connectivity index (χ4n) is 1.03. The summed E-state index contributed by atoms with van der Waals surface area (Å²) in [7, 11) is 3.13. The van der Waals surface area contributed by atoms with Gasteiger partial charge in [-0.1, -0.05) is 0 Å². The Bertz CT molecular complexity index is 209. The minimum atomic E-state index is -4.69. The fraction of sp³-hybridized carbons (Fsp3) is 0.875. The Kier molecular flexibility index (Phi) is 5.59. The molecule has 2 N–H and O–H groups in total. The predicted molar refractivity (Wildman–Crippen MR) is 48.6 cm³/mol. The van der Waals surface area contributed by atoms with Crippen LogP contribution in [-0.2, 0) is 4.79 Å². The van der Waals surface area contributed by atoms with Crippen molar-refractivity contribution in [3.8, 4) is 0 Å². The number of hydrogen-bond donors (Lipinski definition) is 2. The summed E-state index contributed by atoms with van der Waals surface area (Å²) in [5.74, 6) is -4.15. The third-order valence-electron chi connectivity index (χ3n) is 1.93. The van der Waals surface area contributed by atoms with Gasteiger partial charge in [-0.2, -0.15) is 13.2 Å². The van der Waals surface area contributed by atoms with E-state index >= 15 is 0 Å². The number of halogens is 3. The second-order valence-electron chi connectivity index (χ2n) is 3.30. The van der Waals surface area contributed by atoms with Crippen molar-refractivity contribution in [1.82, 2.24) is 10.2 Å². The van der Waals surface area contributed by atoms with E-state index in [9.17, 15) is 18.0 Å². The van der Waals surface area contributed by atoms with Crippen molar-refractivity contribution in [1.29, 1.82) is 0 Å². The van der Waals surface area contributed by atoms with Crippen LogP contribution in [0.25, 0.3) is 0 Å². The highest BCUT2D eigenvalue weighted by atomic mass is 19.4. The van der Waals surface area contributed by atoms with Gasteiger partial charge in [0.05, 0.1) is 0 Å². The van der Waals surface area contributed by atoms with Crippen molar-refractivity contribution in [3.05, 3.63) is 0 Å². The molecule has 0 aromatic rings. The molecule has 0 radical (unpaired) electrons. The van der Waals surface area contributed by atoms with E-state index in [1.165, 1.54) is 11.9 Å². The molecule has 0 aliphatic carbocycles. The van der Waals surface area contributed by atoms with Gasteiger partial charge in [0, 0.05) is 19.6 Å². The number of carbonyl (C=O) groups is 1. The summed E-state index contributed by atoms with van der Waals surface area (Å²) in [4.78, 5) is 11.7. The summed E-state index contributed by atoms with van der Waals surface area (Å²) >= 11 is 0. The smallest absolute Gasteiger partial charge is 0.403 e. The zero-order chi connectivity index (χ0) is 12.1. The van der Waals surface area contributed by atoms with Gasteiger partial charge in [0.15, 0.2) is 5.92 Å². The van der Waals surface area contributed by atoms with Crippen LogP contribution in [0.5, 0.6) is 0 Å². The Morgan fingerprint density at radius 2 is 2.07 bits per heavy atom. The number of carboxylic acids is 1. The lowest BCUT2D eigenvalue weighted by Gasteiger charge is -2.22. The molecule has 0 rings (SSSR count). The molecular formula is C8H15F3N2O2. The molecule has 0 heterocycles. The number of likely N-dealkylation sites (N-methyl/N-ethyl adjacent to an activating group) is 2. The highest BCUT2D eigenvalue weighted by Crippen LogP contribution is 2.26. The first-order valence-electron chi connectivity index (χ1n) is 4.41. The van der Waals surface area contributed by atoms with Gasteiger partial charge >= 0.3 is 12.1 Å². The van der Waals surface area contributed by atoms with Crippen LogP contribution in [0.4, 0.5) is 13.2 Å². The van der Waals surface area contributed by atoms with Gasteiger partial charge in [0.2, 0.25) is 0 Å². The van der Waals surface area contributed by atoms with Crippen molar-refractivity contribution >= 4 is 5.97 Å². The van der Waals surface area contributed by atoms with Gasteiger partial charge in [-0.3, -0.25) is 4.79 Å². The van der Waals surface area contributed by atoms with E-state index in [2.05, 4.69) is 5.32 Å². The number of nitrogens with zero attached hydrogens (tertiary/aromatic N) is 1. The number of aliphatic carboxylic acids is 1. The quantitative estimate of drug-likeness (QED) is 0.691. The monoisotopic (exact) mass is 228 g/mol. The molecule has 1 atom stereocenters. The van der Waals surface area contributed by atoms with Gasteiger partial charge in [-0.25, -0.2) is 0 Å². The fourth-order valence-corrected chi connectivity index (χ4v) is 1.03. The Labute approximate surface area is 86.1 Å². The number of hydrogen-bond acceptors (Lipinski definition) is 3. The van der Waals surface area contributed by atoms with Crippen LogP contribution in [0.2, 0.25) is 0 Å². The molecule has 0 amide bonds.